The fourth-order valence-corrected chi connectivity index (χ4v) is 2.25. The van der Waals surface area contributed by atoms with Crippen molar-refractivity contribution in [3.8, 4) is 0 Å². The second-order valence-electron chi connectivity index (χ2n) is 4.24. The fourth-order valence-electron chi connectivity index (χ4n) is 1.82. The number of carboxylic acids is 1. The van der Waals surface area contributed by atoms with Crippen molar-refractivity contribution in [3.05, 3.63) is 28.0 Å². The number of carbonyl (C=O) groups excluding carboxylic acids is 1. The summed E-state index contributed by atoms with van der Waals surface area (Å²) in [5, 5.41) is 9.91. The van der Waals surface area contributed by atoms with Crippen LogP contribution in [0.4, 0.5) is 0 Å². The van der Waals surface area contributed by atoms with Crippen molar-refractivity contribution in [2.24, 2.45) is 5.41 Å². The van der Waals surface area contributed by atoms with Gasteiger partial charge >= 0.3 is 11.9 Å². The molecule has 7 heteroatoms. The smallest absolute Gasteiger partial charge is 0.323 e. The molecule has 1 aromatic rings. The number of aromatic nitrogens is 1. The number of hydrogen-bond donors (Lipinski definition) is 1. The van der Waals surface area contributed by atoms with Gasteiger partial charge in [0.1, 0.15) is 5.15 Å². The number of ether oxygens (including phenoxy) is 1. The Hall–Kier alpha value is -1.33. The van der Waals surface area contributed by atoms with Crippen molar-refractivity contribution < 1.29 is 19.4 Å². The van der Waals surface area contributed by atoms with Gasteiger partial charge in [-0.15, -0.1) is 0 Å². The highest BCUT2D eigenvalue weighted by Gasteiger charge is 2.46. The SMILES string of the molecule is CCOC(=O)C(CC)(Cc1cnc(Cl)cc1Cl)C(=O)O. The molecule has 1 N–H and O–H groups in total. The summed E-state index contributed by atoms with van der Waals surface area (Å²) in [5.74, 6) is -2.02. The van der Waals surface area contributed by atoms with Gasteiger partial charge in [-0.3, -0.25) is 9.59 Å². The summed E-state index contributed by atoms with van der Waals surface area (Å²) < 4.78 is 4.89. The van der Waals surface area contributed by atoms with Gasteiger partial charge in [0.25, 0.3) is 0 Å². The molecule has 1 unspecified atom stereocenters. The molecule has 0 aromatic carbocycles. The third kappa shape index (κ3) is 3.41. The number of hydrogen-bond acceptors (Lipinski definition) is 4. The number of nitrogens with zero attached hydrogens (tertiary/aromatic N) is 1. The molecule has 1 aromatic heterocycles. The summed E-state index contributed by atoms with van der Waals surface area (Å²) in [7, 11) is 0. The van der Waals surface area contributed by atoms with Crippen molar-refractivity contribution in [3.63, 3.8) is 0 Å². The maximum absolute atomic E-state index is 12.0. The minimum atomic E-state index is -1.67. The summed E-state index contributed by atoms with van der Waals surface area (Å²) >= 11 is 11.7. The van der Waals surface area contributed by atoms with E-state index >= 15 is 0 Å². The first-order chi connectivity index (χ1) is 9.37. The van der Waals surface area contributed by atoms with Crippen LogP contribution in [0.1, 0.15) is 25.8 Å². The largest absolute Gasteiger partial charge is 0.480 e. The Morgan fingerprint density at radius 3 is 2.50 bits per heavy atom. The van der Waals surface area contributed by atoms with E-state index in [1.165, 1.54) is 12.3 Å². The van der Waals surface area contributed by atoms with E-state index in [0.29, 0.717) is 5.56 Å². The van der Waals surface area contributed by atoms with Gasteiger partial charge in [0, 0.05) is 17.6 Å². The van der Waals surface area contributed by atoms with Gasteiger partial charge in [-0.1, -0.05) is 30.1 Å². The Bertz CT molecular complexity index is 521. The van der Waals surface area contributed by atoms with Crippen LogP contribution in [-0.4, -0.2) is 28.6 Å². The van der Waals surface area contributed by atoms with Crippen LogP contribution < -0.4 is 0 Å². The van der Waals surface area contributed by atoms with Crippen LogP contribution in [0.15, 0.2) is 12.3 Å². The molecule has 0 amide bonds. The standard InChI is InChI=1S/C13H15Cl2NO4/c1-3-13(11(17)18,12(19)20-4-2)6-8-7-16-10(15)5-9(8)14/h5,7H,3-4,6H2,1-2H3,(H,17,18). The number of carbonyl (C=O) groups is 2. The third-order valence-corrected chi connectivity index (χ3v) is 3.63. The second-order valence-corrected chi connectivity index (χ2v) is 5.03. The van der Waals surface area contributed by atoms with Gasteiger partial charge in [0.2, 0.25) is 0 Å². The Morgan fingerprint density at radius 1 is 1.40 bits per heavy atom. The molecule has 0 aliphatic heterocycles. The van der Waals surface area contributed by atoms with E-state index in [0.717, 1.165) is 0 Å². The van der Waals surface area contributed by atoms with Gasteiger partial charge in [-0.25, -0.2) is 4.98 Å². The van der Waals surface area contributed by atoms with Crippen LogP contribution in [0, 0.1) is 5.41 Å². The molecule has 0 saturated carbocycles. The molecule has 5 nitrogen and oxygen atoms in total. The van der Waals surface area contributed by atoms with E-state index in [1.54, 1.807) is 13.8 Å². The molecule has 0 aliphatic rings. The number of esters is 1. The molecule has 0 saturated heterocycles. The van der Waals surface area contributed by atoms with Crippen molar-refractivity contribution >= 4 is 35.1 Å². The number of rotatable bonds is 6. The maximum atomic E-state index is 12.0. The lowest BCUT2D eigenvalue weighted by atomic mass is 9.79. The van der Waals surface area contributed by atoms with Crippen molar-refractivity contribution in [1.29, 1.82) is 0 Å². The van der Waals surface area contributed by atoms with E-state index in [-0.39, 0.29) is 29.6 Å². The van der Waals surface area contributed by atoms with Crippen molar-refractivity contribution in [2.45, 2.75) is 26.7 Å². The first-order valence-corrected chi connectivity index (χ1v) is 6.83. The zero-order valence-corrected chi connectivity index (χ0v) is 12.7. The first kappa shape index (κ1) is 16.7. The lowest BCUT2D eigenvalue weighted by molar-refractivity contribution is -0.168. The van der Waals surface area contributed by atoms with Gasteiger partial charge in [-0.2, -0.15) is 0 Å². The molecule has 1 atom stereocenters. The van der Waals surface area contributed by atoms with Crippen LogP contribution in [0.3, 0.4) is 0 Å². The Labute approximate surface area is 126 Å². The monoisotopic (exact) mass is 319 g/mol. The number of carboxylic acid groups (broad SMARTS) is 1. The van der Waals surface area contributed by atoms with Crippen LogP contribution >= 0.6 is 23.2 Å². The summed E-state index contributed by atoms with van der Waals surface area (Å²) in [6.07, 6.45) is 1.36. The number of halogens is 2. The van der Waals surface area contributed by atoms with Gasteiger partial charge in [-0.05, 0) is 25.0 Å². The molecule has 0 fully saturated rings. The number of aliphatic carboxylic acids is 1. The minimum Gasteiger partial charge on any atom is -0.480 e. The van der Waals surface area contributed by atoms with Crippen LogP contribution in [-0.2, 0) is 20.7 Å². The van der Waals surface area contributed by atoms with Gasteiger partial charge in [0.05, 0.1) is 6.61 Å². The fraction of sp³-hybridized carbons (Fsp3) is 0.462. The Morgan fingerprint density at radius 2 is 2.05 bits per heavy atom. The van der Waals surface area contributed by atoms with Crippen LogP contribution in [0.2, 0.25) is 10.2 Å². The average molecular weight is 320 g/mol. The third-order valence-electron chi connectivity index (χ3n) is 3.07. The molecule has 0 aliphatic carbocycles. The Kier molecular flexibility index (Phi) is 5.77. The maximum Gasteiger partial charge on any atom is 0.323 e. The predicted octanol–water partition coefficient (Wildman–Crippen LogP) is 2.98. The van der Waals surface area contributed by atoms with Crippen molar-refractivity contribution in [2.75, 3.05) is 6.61 Å². The molecule has 0 bridgehead atoms. The van der Waals surface area contributed by atoms with Crippen LogP contribution in [0.25, 0.3) is 0 Å². The minimum absolute atomic E-state index is 0.0835. The molecular formula is C13H15Cl2NO4. The van der Waals surface area contributed by atoms with E-state index in [9.17, 15) is 14.7 Å². The lowest BCUT2D eigenvalue weighted by Crippen LogP contribution is -2.42. The zero-order chi connectivity index (χ0) is 15.3. The normalized spacial score (nSPS) is 13.6. The zero-order valence-electron chi connectivity index (χ0n) is 11.2. The summed E-state index contributed by atoms with van der Waals surface area (Å²) in [6, 6.07) is 1.41. The quantitative estimate of drug-likeness (QED) is 0.495. The first-order valence-electron chi connectivity index (χ1n) is 6.08. The van der Waals surface area contributed by atoms with Gasteiger partial charge < -0.3 is 9.84 Å². The molecule has 20 heavy (non-hydrogen) atoms. The summed E-state index contributed by atoms with van der Waals surface area (Å²) in [4.78, 5) is 27.4. The average Bonchev–Trinajstić information content (AvgIpc) is 2.38. The van der Waals surface area contributed by atoms with Crippen molar-refractivity contribution in [1.82, 2.24) is 4.98 Å². The molecule has 110 valence electrons. The van der Waals surface area contributed by atoms with E-state index in [4.69, 9.17) is 27.9 Å². The highest BCUT2D eigenvalue weighted by atomic mass is 35.5. The van der Waals surface area contributed by atoms with Crippen LogP contribution in [0.5, 0.6) is 0 Å². The molecule has 0 spiro atoms. The van der Waals surface area contributed by atoms with E-state index in [1.807, 2.05) is 0 Å². The molecule has 1 heterocycles. The topological polar surface area (TPSA) is 76.5 Å². The molecule has 0 radical (unpaired) electrons. The number of pyridine rings is 1. The lowest BCUT2D eigenvalue weighted by Gasteiger charge is -2.26. The molecule has 1 rings (SSSR count). The predicted molar refractivity (Wildman–Crippen MR) is 75.0 cm³/mol. The van der Waals surface area contributed by atoms with Gasteiger partial charge in [0.15, 0.2) is 5.41 Å². The molecular weight excluding hydrogens is 305 g/mol. The highest BCUT2D eigenvalue weighted by Crippen LogP contribution is 2.32. The Balaban J connectivity index is 3.18. The second kappa shape index (κ2) is 6.90. The highest BCUT2D eigenvalue weighted by molar-refractivity contribution is 6.34. The summed E-state index contributed by atoms with van der Waals surface area (Å²) in [6.45, 7) is 3.35. The van der Waals surface area contributed by atoms with E-state index in [2.05, 4.69) is 4.98 Å². The van der Waals surface area contributed by atoms with E-state index < -0.39 is 17.4 Å². The summed E-state index contributed by atoms with van der Waals surface area (Å²) in [5.41, 5.74) is -1.23.